The second-order valence-electron chi connectivity index (χ2n) is 6.33. The largest absolute Gasteiger partial charge is 0.485 e. The Labute approximate surface area is 159 Å². The van der Waals surface area contributed by atoms with Crippen molar-refractivity contribution in [2.24, 2.45) is 0 Å². The zero-order valence-electron chi connectivity index (χ0n) is 14.7. The van der Waals surface area contributed by atoms with Crippen molar-refractivity contribution in [2.75, 3.05) is 11.9 Å². The fourth-order valence-corrected chi connectivity index (χ4v) is 3.06. The van der Waals surface area contributed by atoms with Crippen LogP contribution >= 0.6 is 0 Å². The van der Waals surface area contributed by atoms with Crippen molar-refractivity contribution in [3.05, 3.63) is 78.2 Å². The number of para-hydroxylation sites is 2. The predicted octanol–water partition coefficient (Wildman–Crippen LogP) is 3.99. The topological polar surface area (TPSA) is 86.5 Å². The molecule has 3 aromatic carbocycles. The Morgan fingerprint density at radius 3 is 2.61 bits per heavy atom. The molecule has 2 heterocycles. The Kier molecular flexibility index (Phi) is 3.90. The van der Waals surface area contributed by atoms with Crippen LogP contribution in [0.5, 0.6) is 11.5 Å². The molecule has 0 aliphatic carbocycles. The summed E-state index contributed by atoms with van der Waals surface area (Å²) in [7, 11) is 0. The molecular weight excluding hydrogens is 358 g/mol. The third-order valence-corrected chi connectivity index (χ3v) is 4.46. The van der Waals surface area contributed by atoms with E-state index >= 15 is 0 Å². The quantitative estimate of drug-likeness (QED) is 0.584. The lowest BCUT2D eigenvalue weighted by atomic mass is 10.1. The van der Waals surface area contributed by atoms with Crippen molar-refractivity contribution in [1.82, 2.24) is 10.2 Å². The number of benzene rings is 3. The highest BCUT2D eigenvalue weighted by atomic mass is 16.6. The Morgan fingerprint density at radius 1 is 0.929 bits per heavy atom. The van der Waals surface area contributed by atoms with Gasteiger partial charge in [-0.2, -0.15) is 0 Å². The number of aromatic nitrogens is 2. The number of carbonyl (C=O) groups excluding carboxylic acids is 1. The maximum atomic E-state index is 12.5. The van der Waals surface area contributed by atoms with E-state index in [0.717, 1.165) is 10.8 Å². The van der Waals surface area contributed by atoms with Gasteiger partial charge in [-0.1, -0.05) is 47.6 Å². The first kappa shape index (κ1) is 16.3. The van der Waals surface area contributed by atoms with E-state index in [2.05, 4.69) is 15.5 Å². The van der Waals surface area contributed by atoms with E-state index in [9.17, 15) is 4.79 Å². The van der Waals surface area contributed by atoms with Gasteiger partial charge in [-0.3, -0.25) is 10.1 Å². The van der Waals surface area contributed by atoms with Gasteiger partial charge in [-0.25, -0.2) is 0 Å². The van der Waals surface area contributed by atoms with Crippen molar-refractivity contribution < 1.29 is 18.7 Å². The Bertz CT molecular complexity index is 1170. The maximum Gasteiger partial charge on any atom is 0.322 e. The van der Waals surface area contributed by atoms with Gasteiger partial charge >= 0.3 is 6.01 Å². The molecule has 1 aromatic heterocycles. The van der Waals surface area contributed by atoms with Crippen LogP contribution in [0, 0.1) is 0 Å². The van der Waals surface area contributed by atoms with Gasteiger partial charge in [-0.05, 0) is 35.0 Å². The lowest BCUT2D eigenvalue weighted by molar-refractivity contribution is 0.0716. The minimum atomic E-state index is -0.534. The summed E-state index contributed by atoms with van der Waals surface area (Å²) < 4.78 is 17.0. The number of rotatable bonds is 3. The first-order valence-electron chi connectivity index (χ1n) is 8.78. The van der Waals surface area contributed by atoms with Crippen LogP contribution in [0.25, 0.3) is 10.8 Å². The Morgan fingerprint density at radius 2 is 1.71 bits per heavy atom. The summed E-state index contributed by atoms with van der Waals surface area (Å²) in [4.78, 5) is 12.5. The summed E-state index contributed by atoms with van der Waals surface area (Å²) in [5.41, 5.74) is 0.504. The number of ether oxygens (including phenoxy) is 2. The molecule has 4 aromatic rings. The molecule has 5 rings (SSSR count). The molecule has 0 fully saturated rings. The molecule has 1 aliphatic rings. The third-order valence-electron chi connectivity index (χ3n) is 4.46. The number of amides is 1. The summed E-state index contributed by atoms with van der Waals surface area (Å²) in [5.74, 6) is 1.19. The van der Waals surface area contributed by atoms with Crippen molar-refractivity contribution in [1.29, 1.82) is 0 Å². The number of hydrogen-bond donors (Lipinski definition) is 1. The minimum Gasteiger partial charge on any atom is -0.485 e. The van der Waals surface area contributed by atoms with E-state index in [-0.39, 0.29) is 24.4 Å². The van der Waals surface area contributed by atoms with Gasteiger partial charge in [0, 0.05) is 5.56 Å². The van der Waals surface area contributed by atoms with Gasteiger partial charge in [0.1, 0.15) is 6.61 Å². The van der Waals surface area contributed by atoms with Crippen LogP contribution in [-0.4, -0.2) is 22.7 Å². The van der Waals surface area contributed by atoms with E-state index in [1.165, 1.54) is 0 Å². The van der Waals surface area contributed by atoms with Crippen molar-refractivity contribution in [3.8, 4) is 11.5 Å². The van der Waals surface area contributed by atoms with Crippen molar-refractivity contribution in [2.45, 2.75) is 6.10 Å². The highest BCUT2D eigenvalue weighted by molar-refractivity contribution is 6.05. The highest BCUT2D eigenvalue weighted by Gasteiger charge is 2.27. The number of carbonyl (C=O) groups is 1. The van der Waals surface area contributed by atoms with Crippen LogP contribution in [0.15, 0.2) is 71.1 Å². The van der Waals surface area contributed by atoms with Gasteiger partial charge in [0.05, 0.1) is 0 Å². The average Bonchev–Trinajstić information content (AvgIpc) is 3.21. The smallest absolute Gasteiger partial charge is 0.322 e. The molecule has 0 saturated heterocycles. The molecule has 1 amide bonds. The fraction of sp³-hybridized carbons (Fsp3) is 0.0952. The molecule has 138 valence electrons. The van der Waals surface area contributed by atoms with Gasteiger partial charge in [-0.15, -0.1) is 5.10 Å². The van der Waals surface area contributed by atoms with Gasteiger partial charge < -0.3 is 13.9 Å². The van der Waals surface area contributed by atoms with Crippen LogP contribution in [0.2, 0.25) is 0 Å². The van der Waals surface area contributed by atoms with E-state index in [4.69, 9.17) is 13.9 Å². The van der Waals surface area contributed by atoms with E-state index < -0.39 is 6.10 Å². The number of hydrogen-bond acceptors (Lipinski definition) is 6. The average molecular weight is 373 g/mol. The van der Waals surface area contributed by atoms with Gasteiger partial charge in [0.15, 0.2) is 11.5 Å². The fourth-order valence-electron chi connectivity index (χ4n) is 3.06. The predicted molar refractivity (Wildman–Crippen MR) is 102 cm³/mol. The Hall–Kier alpha value is -3.87. The number of nitrogens with one attached hydrogen (secondary N) is 1. The van der Waals surface area contributed by atoms with Crippen LogP contribution in [0.1, 0.15) is 22.4 Å². The molecule has 0 saturated carbocycles. The van der Waals surface area contributed by atoms with Crippen LogP contribution in [-0.2, 0) is 0 Å². The van der Waals surface area contributed by atoms with Crippen LogP contribution < -0.4 is 14.8 Å². The molecule has 0 bridgehead atoms. The normalized spacial score (nSPS) is 15.4. The molecule has 7 heteroatoms. The molecule has 0 unspecified atom stereocenters. The Balaban J connectivity index is 1.31. The van der Waals surface area contributed by atoms with Gasteiger partial charge in [0.2, 0.25) is 6.10 Å². The molecule has 0 spiro atoms. The monoisotopic (exact) mass is 373 g/mol. The van der Waals surface area contributed by atoms with E-state index in [0.29, 0.717) is 17.1 Å². The molecule has 0 radical (unpaired) electrons. The lowest BCUT2D eigenvalue weighted by Gasteiger charge is -2.23. The molecular formula is C21H15N3O4. The molecule has 7 nitrogen and oxygen atoms in total. The molecule has 1 aliphatic heterocycles. The van der Waals surface area contributed by atoms with E-state index in [1.807, 2.05) is 54.6 Å². The zero-order chi connectivity index (χ0) is 18.9. The van der Waals surface area contributed by atoms with Gasteiger partial charge in [0.25, 0.3) is 11.8 Å². The van der Waals surface area contributed by atoms with Crippen LogP contribution in [0.4, 0.5) is 6.01 Å². The molecule has 1 atom stereocenters. The van der Waals surface area contributed by atoms with Crippen LogP contribution in [0.3, 0.4) is 0 Å². The minimum absolute atomic E-state index is 0.00983. The highest BCUT2D eigenvalue weighted by Crippen LogP contribution is 2.35. The maximum absolute atomic E-state index is 12.5. The van der Waals surface area contributed by atoms with E-state index in [1.54, 1.807) is 12.1 Å². The second kappa shape index (κ2) is 6.70. The number of anilines is 1. The molecule has 1 N–H and O–H groups in total. The second-order valence-corrected chi connectivity index (χ2v) is 6.33. The molecule has 28 heavy (non-hydrogen) atoms. The summed E-state index contributed by atoms with van der Waals surface area (Å²) in [6, 6.07) is 20.7. The van der Waals surface area contributed by atoms with Crippen molar-refractivity contribution in [3.63, 3.8) is 0 Å². The summed E-state index contributed by atoms with van der Waals surface area (Å²) in [6.07, 6.45) is -0.534. The lowest BCUT2D eigenvalue weighted by Crippen LogP contribution is -2.21. The summed E-state index contributed by atoms with van der Waals surface area (Å²) in [6.45, 7) is 0.247. The first-order chi connectivity index (χ1) is 13.8. The third kappa shape index (κ3) is 3.03. The number of fused-ring (bicyclic) bond motifs is 2. The summed E-state index contributed by atoms with van der Waals surface area (Å²) in [5, 5.41) is 12.5. The summed E-state index contributed by atoms with van der Waals surface area (Å²) >= 11 is 0. The standard InChI is InChI=1S/C21H15N3O4/c25-19(15-10-9-13-5-1-2-6-14(13)11-15)22-21-24-23-20(28-21)18-12-26-16-7-3-4-8-17(16)27-18/h1-11,18H,12H2,(H,22,24,25)/t18-/m1/s1. The zero-order valence-corrected chi connectivity index (χ0v) is 14.7. The SMILES string of the molecule is O=C(Nc1nnc([C@H]2COc3ccccc3O2)o1)c1ccc2ccccc2c1. The first-order valence-corrected chi connectivity index (χ1v) is 8.78. The van der Waals surface area contributed by atoms with Crippen molar-refractivity contribution >= 4 is 22.7 Å². The number of nitrogens with zero attached hydrogens (tertiary/aromatic N) is 2.